The number of carbonyl (C=O) groups excluding carboxylic acids is 1. The Balaban J connectivity index is 2.27. The average Bonchev–Trinajstić information content (AvgIpc) is 3.09. The molecule has 96 valence electrons. The lowest BCUT2D eigenvalue weighted by Gasteiger charge is -2.21. The van der Waals surface area contributed by atoms with Crippen molar-refractivity contribution >= 4 is 12.0 Å². The number of hydrogen-bond donors (Lipinski definition) is 3. The minimum atomic E-state index is -1.43. The fourth-order valence-corrected chi connectivity index (χ4v) is 1.46. The summed E-state index contributed by atoms with van der Waals surface area (Å²) in [5, 5.41) is 20.1. The normalized spacial score (nSPS) is 16.1. The van der Waals surface area contributed by atoms with Gasteiger partial charge in [-0.2, -0.15) is 0 Å². The number of carboxylic acids is 1. The Morgan fingerprint density at radius 2 is 2.18 bits per heavy atom. The van der Waals surface area contributed by atoms with E-state index in [2.05, 4.69) is 11.9 Å². The van der Waals surface area contributed by atoms with Crippen molar-refractivity contribution in [3.63, 3.8) is 0 Å². The van der Waals surface area contributed by atoms with Gasteiger partial charge in [0, 0.05) is 25.6 Å². The highest BCUT2D eigenvalue weighted by atomic mass is 16.4. The zero-order valence-electron chi connectivity index (χ0n) is 9.63. The van der Waals surface area contributed by atoms with Crippen molar-refractivity contribution in [2.75, 3.05) is 13.1 Å². The quantitative estimate of drug-likeness (QED) is 0.556. The Kier molecular flexibility index (Phi) is 4.96. The zero-order valence-corrected chi connectivity index (χ0v) is 9.63. The van der Waals surface area contributed by atoms with Crippen LogP contribution in [0.25, 0.3) is 0 Å². The van der Waals surface area contributed by atoms with Gasteiger partial charge in [-0.15, -0.1) is 6.58 Å². The highest BCUT2D eigenvalue weighted by molar-refractivity contribution is 5.75. The van der Waals surface area contributed by atoms with Gasteiger partial charge < -0.3 is 20.4 Å². The van der Waals surface area contributed by atoms with Gasteiger partial charge in [0.25, 0.3) is 0 Å². The molecule has 6 nitrogen and oxygen atoms in total. The van der Waals surface area contributed by atoms with E-state index >= 15 is 0 Å². The predicted molar refractivity (Wildman–Crippen MR) is 61.6 cm³/mol. The molecule has 0 aliphatic heterocycles. The van der Waals surface area contributed by atoms with Crippen LogP contribution in [0.4, 0.5) is 4.79 Å². The lowest BCUT2D eigenvalue weighted by atomic mass is 10.2. The summed E-state index contributed by atoms with van der Waals surface area (Å²) in [6.45, 7) is 4.21. The van der Waals surface area contributed by atoms with Gasteiger partial charge in [-0.3, -0.25) is 0 Å². The first-order valence-electron chi connectivity index (χ1n) is 5.62. The number of urea groups is 1. The maximum atomic E-state index is 11.7. The summed E-state index contributed by atoms with van der Waals surface area (Å²) in [5.74, 6) is -1.27. The van der Waals surface area contributed by atoms with E-state index in [-0.39, 0.29) is 25.0 Å². The van der Waals surface area contributed by atoms with Crippen LogP contribution in [0.5, 0.6) is 0 Å². The number of aliphatic hydroxyl groups excluding tert-OH is 1. The van der Waals surface area contributed by atoms with Crippen LogP contribution in [0.1, 0.15) is 19.3 Å². The lowest BCUT2D eigenvalue weighted by Crippen LogP contribution is -2.42. The Hall–Kier alpha value is -1.56. The molecule has 0 spiro atoms. The van der Waals surface area contributed by atoms with Gasteiger partial charge in [-0.25, -0.2) is 9.59 Å². The summed E-state index contributed by atoms with van der Waals surface area (Å²) in [6.07, 6.45) is 2.24. The van der Waals surface area contributed by atoms with Crippen LogP contribution in [-0.2, 0) is 4.79 Å². The van der Waals surface area contributed by atoms with Crippen molar-refractivity contribution in [1.29, 1.82) is 0 Å². The van der Waals surface area contributed by atoms with E-state index in [1.807, 2.05) is 0 Å². The average molecular weight is 242 g/mol. The Morgan fingerprint density at radius 1 is 1.53 bits per heavy atom. The topological polar surface area (TPSA) is 89.9 Å². The molecule has 0 saturated heterocycles. The summed E-state index contributed by atoms with van der Waals surface area (Å²) in [4.78, 5) is 23.7. The number of amides is 2. The zero-order chi connectivity index (χ0) is 12.8. The van der Waals surface area contributed by atoms with E-state index in [0.29, 0.717) is 6.54 Å². The standard InChI is InChI=1S/C11H18N2O4/c1-2-7-13(8-3-4-8)11(17)12-6-5-9(14)10(15)16/h2,8-9,14H,1,3-7H2,(H,12,17)(H,15,16)/t9-/m0/s1. The van der Waals surface area contributed by atoms with Gasteiger partial charge in [-0.05, 0) is 12.8 Å². The minimum absolute atomic E-state index is 0.00761. The molecule has 1 fully saturated rings. The van der Waals surface area contributed by atoms with Crippen molar-refractivity contribution in [2.24, 2.45) is 0 Å². The number of carbonyl (C=O) groups is 2. The molecule has 0 aromatic heterocycles. The first kappa shape index (κ1) is 13.5. The van der Waals surface area contributed by atoms with Gasteiger partial charge in [0.1, 0.15) is 0 Å². The van der Waals surface area contributed by atoms with Crippen LogP contribution in [0, 0.1) is 0 Å². The third-order valence-electron chi connectivity index (χ3n) is 2.55. The molecule has 1 saturated carbocycles. The Labute approximate surface area is 99.9 Å². The van der Waals surface area contributed by atoms with Crippen molar-refractivity contribution < 1.29 is 19.8 Å². The van der Waals surface area contributed by atoms with Crippen LogP contribution >= 0.6 is 0 Å². The highest BCUT2D eigenvalue weighted by Crippen LogP contribution is 2.26. The number of carboxylic acid groups (broad SMARTS) is 1. The molecule has 0 bridgehead atoms. The fourth-order valence-electron chi connectivity index (χ4n) is 1.46. The first-order chi connectivity index (χ1) is 8.06. The predicted octanol–water partition coefficient (Wildman–Crippen LogP) is 0.182. The van der Waals surface area contributed by atoms with Gasteiger partial charge in [0.05, 0.1) is 0 Å². The molecule has 1 atom stereocenters. The molecule has 0 unspecified atom stereocenters. The van der Waals surface area contributed by atoms with Crippen LogP contribution in [0.2, 0.25) is 0 Å². The molecule has 17 heavy (non-hydrogen) atoms. The van der Waals surface area contributed by atoms with Crippen molar-refractivity contribution in [1.82, 2.24) is 10.2 Å². The number of aliphatic carboxylic acids is 1. The third-order valence-corrected chi connectivity index (χ3v) is 2.55. The minimum Gasteiger partial charge on any atom is -0.479 e. The summed E-state index contributed by atoms with van der Waals surface area (Å²) in [6, 6.07) is 0.0439. The third kappa shape index (κ3) is 4.44. The van der Waals surface area contributed by atoms with E-state index in [1.165, 1.54) is 0 Å². The van der Waals surface area contributed by atoms with Crippen LogP contribution in [0.15, 0.2) is 12.7 Å². The number of hydrogen-bond acceptors (Lipinski definition) is 3. The van der Waals surface area contributed by atoms with E-state index in [9.17, 15) is 9.59 Å². The van der Waals surface area contributed by atoms with E-state index < -0.39 is 12.1 Å². The van der Waals surface area contributed by atoms with Gasteiger partial charge in [0.2, 0.25) is 0 Å². The van der Waals surface area contributed by atoms with Crippen molar-refractivity contribution in [3.8, 4) is 0 Å². The first-order valence-corrected chi connectivity index (χ1v) is 5.62. The fraction of sp³-hybridized carbons (Fsp3) is 0.636. The number of nitrogens with zero attached hydrogens (tertiary/aromatic N) is 1. The second-order valence-electron chi connectivity index (χ2n) is 4.05. The molecular weight excluding hydrogens is 224 g/mol. The molecule has 1 aliphatic carbocycles. The molecule has 0 aromatic rings. The lowest BCUT2D eigenvalue weighted by molar-refractivity contribution is -0.146. The highest BCUT2D eigenvalue weighted by Gasteiger charge is 2.31. The molecule has 0 radical (unpaired) electrons. The van der Waals surface area contributed by atoms with Crippen LogP contribution in [0.3, 0.4) is 0 Å². The summed E-state index contributed by atoms with van der Waals surface area (Å²) >= 11 is 0. The maximum Gasteiger partial charge on any atom is 0.332 e. The van der Waals surface area contributed by atoms with E-state index in [1.54, 1.807) is 11.0 Å². The van der Waals surface area contributed by atoms with Gasteiger partial charge >= 0.3 is 12.0 Å². The SMILES string of the molecule is C=CCN(C(=O)NCC[C@H](O)C(=O)O)C1CC1. The van der Waals surface area contributed by atoms with Crippen molar-refractivity contribution in [2.45, 2.75) is 31.4 Å². The second-order valence-corrected chi connectivity index (χ2v) is 4.05. The molecule has 0 heterocycles. The molecule has 6 heteroatoms. The molecular formula is C11H18N2O4. The molecule has 3 N–H and O–H groups in total. The van der Waals surface area contributed by atoms with E-state index in [4.69, 9.17) is 10.2 Å². The molecule has 2 amide bonds. The van der Waals surface area contributed by atoms with Gasteiger partial charge in [0.15, 0.2) is 6.10 Å². The Morgan fingerprint density at radius 3 is 2.65 bits per heavy atom. The number of aliphatic hydroxyl groups is 1. The summed E-state index contributed by atoms with van der Waals surface area (Å²) in [7, 11) is 0. The monoisotopic (exact) mass is 242 g/mol. The van der Waals surface area contributed by atoms with E-state index in [0.717, 1.165) is 12.8 Å². The van der Waals surface area contributed by atoms with Crippen LogP contribution < -0.4 is 5.32 Å². The second kappa shape index (κ2) is 6.24. The summed E-state index contributed by atoms with van der Waals surface area (Å²) in [5.41, 5.74) is 0. The smallest absolute Gasteiger partial charge is 0.332 e. The molecule has 1 aliphatic rings. The Bertz CT molecular complexity index is 302. The summed E-state index contributed by atoms with van der Waals surface area (Å²) < 4.78 is 0. The number of nitrogens with one attached hydrogen (secondary N) is 1. The van der Waals surface area contributed by atoms with Crippen LogP contribution in [-0.4, -0.2) is 52.3 Å². The molecule has 1 rings (SSSR count). The molecule has 0 aromatic carbocycles. The largest absolute Gasteiger partial charge is 0.479 e. The maximum absolute atomic E-state index is 11.7. The van der Waals surface area contributed by atoms with Crippen molar-refractivity contribution in [3.05, 3.63) is 12.7 Å². The number of rotatable bonds is 7. The van der Waals surface area contributed by atoms with Gasteiger partial charge in [-0.1, -0.05) is 6.08 Å².